The summed E-state index contributed by atoms with van der Waals surface area (Å²) in [6.45, 7) is 8.10. The van der Waals surface area contributed by atoms with Gasteiger partial charge in [0.25, 0.3) is 0 Å². The lowest BCUT2D eigenvalue weighted by atomic mass is 10.0. The highest BCUT2D eigenvalue weighted by Gasteiger charge is 2.11. The first-order chi connectivity index (χ1) is 9.49. The number of ketones is 1. The molecule has 0 bridgehead atoms. The van der Waals surface area contributed by atoms with E-state index < -0.39 is 0 Å². The molecule has 0 aliphatic carbocycles. The zero-order valence-electron chi connectivity index (χ0n) is 12.5. The molecule has 0 unspecified atom stereocenters. The number of Topliss-reactive ketones (excluding diaryl/α,β-unsaturated/α-hetero) is 1. The van der Waals surface area contributed by atoms with Crippen LogP contribution in [-0.2, 0) is 0 Å². The molecule has 0 atom stereocenters. The Labute approximate surface area is 120 Å². The average Bonchev–Trinajstić information content (AvgIpc) is 2.40. The van der Waals surface area contributed by atoms with Crippen LogP contribution in [0.15, 0.2) is 36.4 Å². The lowest BCUT2D eigenvalue weighted by Gasteiger charge is -2.11. The highest BCUT2D eigenvalue weighted by molar-refractivity contribution is 5.98. The molecule has 0 heterocycles. The molecule has 0 radical (unpaired) electrons. The van der Waals surface area contributed by atoms with E-state index in [-0.39, 0.29) is 12.4 Å². The number of benzene rings is 2. The lowest BCUT2D eigenvalue weighted by Crippen LogP contribution is -2.13. The Balaban J connectivity index is 2.11. The summed E-state index contributed by atoms with van der Waals surface area (Å²) in [4.78, 5) is 12.2. The molecular weight excluding hydrogens is 248 g/mol. The highest BCUT2D eigenvalue weighted by Crippen LogP contribution is 2.21. The van der Waals surface area contributed by atoms with Crippen molar-refractivity contribution in [3.63, 3.8) is 0 Å². The zero-order chi connectivity index (χ0) is 14.7. The van der Waals surface area contributed by atoms with Gasteiger partial charge in [-0.15, -0.1) is 0 Å². The van der Waals surface area contributed by atoms with Gasteiger partial charge in [0.2, 0.25) is 0 Å². The third kappa shape index (κ3) is 3.08. The number of hydrogen-bond acceptors (Lipinski definition) is 2. The van der Waals surface area contributed by atoms with Crippen molar-refractivity contribution in [1.82, 2.24) is 0 Å². The Morgan fingerprint density at radius 3 is 2.45 bits per heavy atom. The van der Waals surface area contributed by atoms with Gasteiger partial charge in [-0.2, -0.15) is 0 Å². The minimum Gasteiger partial charge on any atom is -0.485 e. The summed E-state index contributed by atoms with van der Waals surface area (Å²) in [5, 5.41) is 0. The van der Waals surface area contributed by atoms with E-state index in [1.807, 2.05) is 64.1 Å². The predicted octanol–water partition coefficient (Wildman–Crippen LogP) is 4.18. The van der Waals surface area contributed by atoms with Crippen molar-refractivity contribution in [3.05, 3.63) is 64.2 Å². The molecule has 0 aromatic heterocycles. The highest BCUT2D eigenvalue weighted by atomic mass is 16.5. The van der Waals surface area contributed by atoms with Gasteiger partial charge in [-0.25, -0.2) is 0 Å². The number of ether oxygens (including phenoxy) is 1. The molecule has 104 valence electrons. The van der Waals surface area contributed by atoms with E-state index in [0.717, 1.165) is 28.0 Å². The van der Waals surface area contributed by atoms with Crippen LogP contribution >= 0.6 is 0 Å². The van der Waals surface area contributed by atoms with Gasteiger partial charge >= 0.3 is 0 Å². The molecule has 0 N–H and O–H groups in total. The van der Waals surface area contributed by atoms with Gasteiger partial charge in [0.1, 0.15) is 5.75 Å². The standard InChI is InChI=1S/C18H20O2/c1-12-8-9-16(14(3)10-12)17(19)11-20-18-7-5-6-13(2)15(18)4/h5-10H,11H2,1-4H3. The summed E-state index contributed by atoms with van der Waals surface area (Å²) in [5.41, 5.74) is 5.15. The normalized spacial score (nSPS) is 10.4. The summed E-state index contributed by atoms with van der Waals surface area (Å²) in [5.74, 6) is 0.798. The van der Waals surface area contributed by atoms with Crippen LogP contribution in [0.4, 0.5) is 0 Å². The first-order valence-corrected chi connectivity index (χ1v) is 6.78. The van der Waals surface area contributed by atoms with Gasteiger partial charge in [0.15, 0.2) is 12.4 Å². The molecule has 0 saturated heterocycles. The fraction of sp³-hybridized carbons (Fsp3) is 0.278. The fourth-order valence-corrected chi connectivity index (χ4v) is 2.23. The van der Waals surface area contributed by atoms with Gasteiger partial charge in [-0.3, -0.25) is 4.79 Å². The maximum Gasteiger partial charge on any atom is 0.200 e. The Bertz CT molecular complexity index is 642. The van der Waals surface area contributed by atoms with E-state index in [1.54, 1.807) is 0 Å². The predicted molar refractivity (Wildman–Crippen MR) is 81.7 cm³/mol. The molecular formula is C18H20O2. The van der Waals surface area contributed by atoms with Crippen molar-refractivity contribution >= 4 is 5.78 Å². The first kappa shape index (κ1) is 14.3. The first-order valence-electron chi connectivity index (χ1n) is 6.78. The zero-order valence-corrected chi connectivity index (χ0v) is 12.5. The molecule has 0 spiro atoms. The molecule has 20 heavy (non-hydrogen) atoms. The Morgan fingerprint density at radius 1 is 1.00 bits per heavy atom. The van der Waals surface area contributed by atoms with Crippen molar-refractivity contribution in [1.29, 1.82) is 0 Å². The summed E-state index contributed by atoms with van der Waals surface area (Å²) in [6.07, 6.45) is 0. The van der Waals surface area contributed by atoms with Crippen LogP contribution in [-0.4, -0.2) is 12.4 Å². The Morgan fingerprint density at radius 2 is 1.75 bits per heavy atom. The van der Waals surface area contributed by atoms with Gasteiger partial charge in [0, 0.05) is 5.56 Å². The van der Waals surface area contributed by atoms with Crippen molar-refractivity contribution in [2.45, 2.75) is 27.7 Å². The van der Waals surface area contributed by atoms with Crippen LogP contribution < -0.4 is 4.74 Å². The largest absolute Gasteiger partial charge is 0.485 e. The number of carbonyl (C=O) groups is 1. The van der Waals surface area contributed by atoms with Crippen molar-refractivity contribution < 1.29 is 9.53 Å². The van der Waals surface area contributed by atoms with Gasteiger partial charge in [-0.05, 0) is 50.5 Å². The molecule has 0 amide bonds. The molecule has 0 aliphatic heterocycles. The van der Waals surface area contributed by atoms with Crippen molar-refractivity contribution in [3.8, 4) is 5.75 Å². The topological polar surface area (TPSA) is 26.3 Å². The summed E-state index contributed by atoms with van der Waals surface area (Å²) < 4.78 is 5.67. The molecule has 0 aliphatic rings. The Kier molecular flexibility index (Phi) is 4.23. The average molecular weight is 268 g/mol. The van der Waals surface area contributed by atoms with Gasteiger partial charge in [0.05, 0.1) is 0 Å². The molecule has 2 heteroatoms. The van der Waals surface area contributed by atoms with Crippen LogP contribution in [0, 0.1) is 27.7 Å². The maximum atomic E-state index is 12.2. The Hall–Kier alpha value is -2.09. The smallest absolute Gasteiger partial charge is 0.200 e. The third-order valence-corrected chi connectivity index (χ3v) is 3.60. The van der Waals surface area contributed by atoms with E-state index >= 15 is 0 Å². The van der Waals surface area contributed by atoms with Crippen LogP contribution in [0.1, 0.15) is 32.6 Å². The van der Waals surface area contributed by atoms with E-state index in [1.165, 1.54) is 5.56 Å². The minimum absolute atomic E-state index is 0.0170. The maximum absolute atomic E-state index is 12.2. The molecule has 0 saturated carbocycles. The van der Waals surface area contributed by atoms with E-state index in [4.69, 9.17) is 4.74 Å². The molecule has 2 nitrogen and oxygen atoms in total. The molecule has 2 aromatic carbocycles. The number of aryl methyl sites for hydroxylation is 3. The summed E-state index contributed by atoms with van der Waals surface area (Å²) >= 11 is 0. The third-order valence-electron chi connectivity index (χ3n) is 3.60. The van der Waals surface area contributed by atoms with E-state index in [2.05, 4.69) is 0 Å². The van der Waals surface area contributed by atoms with Crippen molar-refractivity contribution in [2.24, 2.45) is 0 Å². The van der Waals surface area contributed by atoms with Crippen molar-refractivity contribution in [2.75, 3.05) is 6.61 Å². The number of carbonyl (C=O) groups excluding carboxylic acids is 1. The number of hydrogen-bond donors (Lipinski definition) is 0. The lowest BCUT2D eigenvalue weighted by molar-refractivity contribution is 0.0920. The van der Waals surface area contributed by atoms with Crippen LogP contribution in [0.25, 0.3) is 0 Å². The molecule has 2 aromatic rings. The monoisotopic (exact) mass is 268 g/mol. The SMILES string of the molecule is Cc1ccc(C(=O)COc2cccc(C)c2C)c(C)c1. The molecule has 2 rings (SSSR count). The van der Waals surface area contributed by atoms with Crippen LogP contribution in [0.3, 0.4) is 0 Å². The second-order valence-corrected chi connectivity index (χ2v) is 5.23. The summed E-state index contributed by atoms with van der Waals surface area (Å²) in [7, 11) is 0. The van der Waals surface area contributed by atoms with Crippen LogP contribution in [0.2, 0.25) is 0 Å². The van der Waals surface area contributed by atoms with Crippen LogP contribution in [0.5, 0.6) is 5.75 Å². The van der Waals surface area contributed by atoms with E-state index in [0.29, 0.717) is 0 Å². The number of rotatable bonds is 4. The second kappa shape index (κ2) is 5.91. The molecule has 0 fully saturated rings. The quantitative estimate of drug-likeness (QED) is 0.777. The second-order valence-electron chi connectivity index (χ2n) is 5.23. The summed E-state index contributed by atoms with van der Waals surface area (Å²) in [6, 6.07) is 11.7. The van der Waals surface area contributed by atoms with E-state index in [9.17, 15) is 4.79 Å². The fourth-order valence-electron chi connectivity index (χ4n) is 2.23. The van der Waals surface area contributed by atoms with Gasteiger partial charge < -0.3 is 4.74 Å². The van der Waals surface area contributed by atoms with Gasteiger partial charge in [-0.1, -0.05) is 35.9 Å². The minimum atomic E-state index is 0.0170.